The highest BCUT2D eigenvalue weighted by Gasteiger charge is 2.33. The fourth-order valence-corrected chi connectivity index (χ4v) is 4.91. The molecule has 0 spiro atoms. The second kappa shape index (κ2) is 8.51. The number of nitrogens with one attached hydrogen (secondary N) is 1. The van der Waals surface area contributed by atoms with E-state index in [1.165, 1.54) is 0 Å². The fourth-order valence-electron chi connectivity index (χ4n) is 4.91. The van der Waals surface area contributed by atoms with E-state index in [1.54, 1.807) is 0 Å². The molecule has 2 aromatic heterocycles. The lowest BCUT2D eigenvalue weighted by molar-refractivity contribution is 0.0894. The number of para-hydroxylation sites is 1. The third-order valence-corrected chi connectivity index (χ3v) is 6.80. The minimum atomic E-state index is -0.280. The highest BCUT2D eigenvalue weighted by atomic mass is 16.5. The molecule has 31 heavy (non-hydrogen) atoms. The summed E-state index contributed by atoms with van der Waals surface area (Å²) in [5, 5.41) is 13.7. The zero-order valence-electron chi connectivity index (χ0n) is 18.3. The number of aromatic amines is 1. The van der Waals surface area contributed by atoms with Crippen LogP contribution in [0.25, 0.3) is 10.9 Å². The van der Waals surface area contributed by atoms with Crippen LogP contribution in [0.4, 0.5) is 0 Å². The lowest BCUT2D eigenvalue weighted by Crippen LogP contribution is -2.40. The third-order valence-electron chi connectivity index (χ3n) is 6.80. The maximum absolute atomic E-state index is 13.3. The summed E-state index contributed by atoms with van der Waals surface area (Å²) in [6.07, 6.45) is 4.42. The maximum Gasteiger partial charge on any atom is 0.253 e. The van der Waals surface area contributed by atoms with Gasteiger partial charge in [-0.3, -0.25) is 9.69 Å². The van der Waals surface area contributed by atoms with E-state index in [1.807, 2.05) is 35.9 Å². The van der Waals surface area contributed by atoms with E-state index in [9.17, 15) is 4.79 Å². The molecule has 2 aliphatic heterocycles. The Bertz CT molecular complexity index is 1110. The number of fused-ring (bicyclic) bond motifs is 1. The second-order valence-corrected chi connectivity index (χ2v) is 9.07. The molecule has 0 saturated carbocycles. The Morgan fingerprint density at radius 2 is 2.10 bits per heavy atom. The van der Waals surface area contributed by atoms with Crippen molar-refractivity contribution in [1.29, 1.82) is 0 Å². The van der Waals surface area contributed by atoms with Crippen LogP contribution in [0.3, 0.4) is 0 Å². The van der Waals surface area contributed by atoms with Crippen LogP contribution in [0.2, 0.25) is 0 Å². The highest BCUT2D eigenvalue weighted by molar-refractivity contribution is 5.82. The van der Waals surface area contributed by atoms with E-state index in [0.29, 0.717) is 18.0 Å². The summed E-state index contributed by atoms with van der Waals surface area (Å²) >= 11 is 0. The molecule has 0 bridgehead atoms. The standard InChI is InChI=1S/C23H30N6O2/c1-15-8-10-28(11-9-15)21(22-25-26-27-29(22)14-18-7-4-12-31-18)19-13-17-6-3-5-16(2)20(17)24-23(19)30/h3,5-6,13,15,18,21H,4,7-12,14H2,1-2H3,(H,24,30). The fraction of sp³-hybridized carbons (Fsp3) is 0.565. The number of H-pyrrole nitrogens is 1. The first-order valence-electron chi connectivity index (χ1n) is 11.3. The molecule has 0 amide bonds. The number of nitrogens with zero attached hydrogens (tertiary/aromatic N) is 5. The number of pyridine rings is 1. The SMILES string of the molecule is Cc1cccc2cc(C(c3nnnn3CC3CCCO3)N3CCC(C)CC3)c(=O)[nH]c12. The van der Waals surface area contributed by atoms with Crippen molar-refractivity contribution in [2.45, 2.75) is 58.2 Å². The zero-order chi connectivity index (χ0) is 21.4. The number of aryl methyl sites for hydroxylation is 1. The van der Waals surface area contributed by atoms with Crippen molar-refractivity contribution in [3.63, 3.8) is 0 Å². The van der Waals surface area contributed by atoms with Gasteiger partial charge in [0.15, 0.2) is 5.82 Å². The Hall–Kier alpha value is -2.58. The molecule has 1 aromatic carbocycles. The van der Waals surface area contributed by atoms with E-state index in [-0.39, 0.29) is 17.7 Å². The topological polar surface area (TPSA) is 88.9 Å². The van der Waals surface area contributed by atoms with Crippen LogP contribution < -0.4 is 5.56 Å². The monoisotopic (exact) mass is 422 g/mol. The quantitative estimate of drug-likeness (QED) is 0.680. The van der Waals surface area contributed by atoms with Gasteiger partial charge in [-0.1, -0.05) is 25.1 Å². The van der Waals surface area contributed by atoms with Crippen molar-refractivity contribution >= 4 is 10.9 Å². The van der Waals surface area contributed by atoms with Gasteiger partial charge in [-0.25, -0.2) is 4.68 Å². The van der Waals surface area contributed by atoms with E-state index in [4.69, 9.17) is 4.74 Å². The zero-order valence-corrected chi connectivity index (χ0v) is 18.3. The second-order valence-electron chi connectivity index (χ2n) is 9.07. The summed E-state index contributed by atoms with van der Waals surface area (Å²) in [5.41, 5.74) is 2.59. The summed E-state index contributed by atoms with van der Waals surface area (Å²) in [5.74, 6) is 1.42. The van der Waals surface area contributed by atoms with Crippen LogP contribution in [0.5, 0.6) is 0 Å². The number of hydrogen-bond acceptors (Lipinski definition) is 6. The van der Waals surface area contributed by atoms with Gasteiger partial charge in [-0.15, -0.1) is 5.10 Å². The first-order valence-corrected chi connectivity index (χ1v) is 11.3. The molecule has 1 N–H and O–H groups in total. The Kier molecular flexibility index (Phi) is 5.58. The van der Waals surface area contributed by atoms with Crippen LogP contribution in [0, 0.1) is 12.8 Å². The molecular weight excluding hydrogens is 392 g/mol. The number of piperidine rings is 1. The van der Waals surface area contributed by atoms with Crippen LogP contribution in [0.15, 0.2) is 29.1 Å². The molecule has 2 atom stereocenters. The molecule has 2 saturated heterocycles. The summed E-state index contributed by atoms with van der Waals surface area (Å²) < 4.78 is 7.67. The number of benzene rings is 1. The van der Waals surface area contributed by atoms with Gasteiger partial charge in [0.25, 0.3) is 5.56 Å². The van der Waals surface area contributed by atoms with Crippen LogP contribution in [-0.4, -0.2) is 55.9 Å². The number of hydrogen-bond donors (Lipinski definition) is 1. The first kappa shape index (κ1) is 20.3. The number of likely N-dealkylation sites (tertiary alicyclic amines) is 1. The lowest BCUT2D eigenvalue weighted by atomic mass is 9.95. The molecule has 5 rings (SSSR count). The summed E-state index contributed by atoms with van der Waals surface area (Å²) in [4.78, 5) is 18.8. The van der Waals surface area contributed by atoms with Crippen LogP contribution >= 0.6 is 0 Å². The third kappa shape index (κ3) is 4.02. The average molecular weight is 423 g/mol. The average Bonchev–Trinajstić information content (AvgIpc) is 3.44. The van der Waals surface area contributed by atoms with Crippen molar-refractivity contribution in [1.82, 2.24) is 30.1 Å². The maximum atomic E-state index is 13.3. The normalized spacial score (nSPS) is 21.7. The Morgan fingerprint density at radius 3 is 2.87 bits per heavy atom. The highest BCUT2D eigenvalue weighted by Crippen LogP contribution is 2.31. The molecule has 0 radical (unpaired) electrons. The lowest BCUT2D eigenvalue weighted by Gasteiger charge is -2.36. The molecule has 2 aliphatic rings. The van der Waals surface area contributed by atoms with Crippen LogP contribution in [-0.2, 0) is 11.3 Å². The summed E-state index contributed by atoms with van der Waals surface area (Å²) in [6, 6.07) is 7.83. The van der Waals surface area contributed by atoms with Gasteiger partial charge in [-0.05, 0) is 79.1 Å². The molecule has 164 valence electrons. The molecule has 2 fully saturated rings. The summed E-state index contributed by atoms with van der Waals surface area (Å²) in [7, 11) is 0. The molecule has 8 nitrogen and oxygen atoms in total. The van der Waals surface area contributed by atoms with Crippen LogP contribution in [0.1, 0.15) is 55.6 Å². The molecule has 0 aliphatic carbocycles. The predicted molar refractivity (Wildman–Crippen MR) is 118 cm³/mol. The van der Waals surface area contributed by atoms with E-state index in [0.717, 1.165) is 67.7 Å². The van der Waals surface area contributed by atoms with Crippen molar-refractivity contribution < 1.29 is 4.74 Å². The molecular formula is C23H30N6O2. The van der Waals surface area contributed by atoms with E-state index in [2.05, 4.69) is 32.3 Å². The van der Waals surface area contributed by atoms with Crippen molar-refractivity contribution in [3.05, 3.63) is 51.6 Å². The van der Waals surface area contributed by atoms with Gasteiger partial charge in [0.1, 0.15) is 6.04 Å². The minimum absolute atomic E-state index is 0.0721. The molecule has 3 aromatic rings. The largest absolute Gasteiger partial charge is 0.376 e. The predicted octanol–water partition coefficient (Wildman–Crippen LogP) is 2.82. The van der Waals surface area contributed by atoms with Gasteiger partial charge >= 0.3 is 0 Å². The van der Waals surface area contributed by atoms with Gasteiger partial charge in [-0.2, -0.15) is 0 Å². The van der Waals surface area contributed by atoms with Gasteiger partial charge in [0.2, 0.25) is 0 Å². The van der Waals surface area contributed by atoms with E-state index >= 15 is 0 Å². The van der Waals surface area contributed by atoms with Crippen molar-refractivity contribution in [2.24, 2.45) is 5.92 Å². The van der Waals surface area contributed by atoms with E-state index < -0.39 is 0 Å². The van der Waals surface area contributed by atoms with Gasteiger partial charge in [0, 0.05) is 12.2 Å². The van der Waals surface area contributed by atoms with Crippen molar-refractivity contribution in [3.8, 4) is 0 Å². The Morgan fingerprint density at radius 1 is 1.26 bits per heavy atom. The smallest absolute Gasteiger partial charge is 0.253 e. The number of ether oxygens (including phenoxy) is 1. The molecule has 2 unspecified atom stereocenters. The number of rotatable bonds is 5. The summed E-state index contributed by atoms with van der Waals surface area (Å²) in [6.45, 7) is 7.56. The Labute approximate surface area is 181 Å². The van der Waals surface area contributed by atoms with Gasteiger partial charge < -0.3 is 9.72 Å². The van der Waals surface area contributed by atoms with Crippen molar-refractivity contribution in [2.75, 3.05) is 19.7 Å². The Balaban J connectivity index is 1.59. The first-order chi connectivity index (χ1) is 15.1. The van der Waals surface area contributed by atoms with Gasteiger partial charge in [0.05, 0.1) is 18.2 Å². The number of aromatic nitrogens is 5. The molecule has 8 heteroatoms. The molecule has 4 heterocycles. The number of tetrazole rings is 1. The minimum Gasteiger partial charge on any atom is -0.376 e.